The lowest BCUT2D eigenvalue weighted by Crippen LogP contribution is -2.13. The van der Waals surface area contributed by atoms with E-state index < -0.39 is 5.91 Å². The standard InChI is InChI=1S/C21H17N3O2S/c1-2-26-18-10-8-17(9-11-18)23-21(25)16(13-22)12-20-24-19(14-27-20)15-6-4-3-5-7-15/h3-12,14H,2H2,1H3,(H,23,25)/b16-12+. The Hall–Kier alpha value is -3.43. The Bertz CT molecular complexity index is 986. The summed E-state index contributed by atoms with van der Waals surface area (Å²) < 4.78 is 5.37. The summed E-state index contributed by atoms with van der Waals surface area (Å²) in [4.78, 5) is 16.9. The number of rotatable bonds is 6. The van der Waals surface area contributed by atoms with Crippen LogP contribution < -0.4 is 10.1 Å². The van der Waals surface area contributed by atoms with E-state index in [4.69, 9.17) is 4.74 Å². The van der Waals surface area contributed by atoms with Crippen LogP contribution in [0.3, 0.4) is 0 Å². The first kappa shape index (κ1) is 18.4. The van der Waals surface area contributed by atoms with Gasteiger partial charge in [-0.2, -0.15) is 5.26 Å². The van der Waals surface area contributed by atoms with E-state index in [-0.39, 0.29) is 5.57 Å². The number of ether oxygens (including phenoxy) is 1. The summed E-state index contributed by atoms with van der Waals surface area (Å²) in [6.45, 7) is 2.48. The van der Waals surface area contributed by atoms with Crippen molar-refractivity contribution in [3.63, 3.8) is 0 Å². The highest BCUT2D eigenvalue weighted by atomic mass is 32.1. The third kappa shape index (κ3) is 4.81. The molecule has 1 amide bonds. The van der Waals surface area contributed by atoms with Gasteiger partial charge in [-0.3, -0.25) is 4.79 Å². The first-order chi connectivity index (χ1) is 13.2. The number of nitrogens with one attached hydrogen (secondary N) is 1. The molecule has 0 aliphatic rings. The van der Waals surface area contributed by atoms with E-state index >= 15 is 0 Å². The predicted octanol–water partition coefficient (Wildman–Crippen LogP) is 4.75. The van der Waals surface area contributed by atoms with E-state index in [9.17, 15) is 10.1 Å². The summed E-state index contributed by atoms with van der Waals surface area (Å²) in [5.74, 6) is 0.251. The summed E-state index contributed by atoms with van der Waals surface area (Å²) in [6, 6.07) is 18.7. The molecule has 0 saturated heterocycles. The normalized spacial score (nSPS) is 10.9. The minimum atomic E-state index is -0.474. The van der Waals surface area contributed by atoms with E-state index in [1.54, 1.807) is 24.3 Å². The Morgan fingerprint density at radius 2 is 1.96 bits per heavy atom. The molecule has 6 heteroatoms. The van der Waals surface area contributed by atoms with E-state index in [1.807, 2.05) is 48.7 Å². The molecule has 27 heavy (non-hydrogen) atoms. The molecule has 134 valence electrons. The maximum atomic E-state index is 12.4. The van der Waals surface area contributed by atoms with Gasteiger partial charge in [0.1, 0.15) is 22.4 Å². The van der Waals surface area contributed by atoms with Gasteiger partial charge in [0.15, 0.2) is 0 Å². The summed E-state index contributed by atoms with van der Waals surface area (Å²) >= 11 is 1.38. The number of carbonyl (C=O) groups is 1. The lowest BCUT2D eigenvalue weighted by atomic mass is 10.2. The smallest absolute Gasteiger partial charge is 0.266 e. The Morgan fingerprint density at radius 3 is 2.63 bits per heavy atom. The molecule has 1 aromatic heterocycles. The van der Waals surface area contributed by atoms with Gasteiger partial charge in [-0.05, 0) is 37.3 Å². The molecule has 0 saturated carbocycles. The number of nitriles is 1. The van der Waals surface area contributed by atoms with Crippen molar-refractivity contribution in [2.75, 3.05) is 11.9 Å². The molecule has 1 heterocycles. The van der Waals surface area contributed by atoms with E-state index in [1.165, 1.54) is 17.4 Å². The second kappa shape index (κ2) is 8.79. The van der Waals surface area contributed by atoms with Gasteiger partial charge in [-0.15, -0.1) is 11.3 Å². The average Bonchev–Trinajstić information content (AvgIpc) is 3.17. The zero-order valence-corrected chi connectivity index (χ0v) is 15.5. The number of thiazole rings is 1. The van der Waals surface area contributed by atoms with Crippen LogP contribution in [-0.4, -0.2) is 17.5 Å². The number of anilines is 1. The first-order valence-corrected chi connectivity index (χ1v) is 9.24. The third-order valence-electron chi connectivity index (χ3n) is 3.65. The molecule has 5 nitrogen and oxygen atoms in total. The Morgan fingerprint density at radius 1 is 1.22 bits per heavy atom. The summed E-state index contributed by atoms with van der Waals surface area (Å²) in [6.07, 6.45) is 1.50. The molecule has 0 spiro atoms. The molecule has 2 aromatic carbocycles. The van der Waals surface area contributed by atoms with Gasteiger partial charge < -0.3 is 10.1 Å². The number of carbonyl (C=O) groups excluding carboxylic acids is 1. The molecule has 0 aliphatic heterocycles. The SMILES string of the molecule is CCOc1ccc(NC(=O)/C(C#N)=C/c2nc(-c3ccccc3)cs2)cc1. The average molecular weight is 375 g/mol. The van der Waals surface area contributed by atoms with E-state index in [0.717, 1.165) is 17.0 Å². The van der Waals surface area contributed by atoms with Gasteiger partial charge in [0.05, 0.1) is 12.3 Å². The van der Waals surface area contributed by atoms with Crippen LogP contribution in [0.1, 0.15) is 11.9 Å². The van der Waals surface area contributed by atoms with Gasteiger partial charge in [0.2, 0.25) is 0 Å². The van der Waals surface area contributed by atoms with E-state index in [2.05, 4.69) is 10.3 Å². The van der Waals surface area contributed by atoms with Crippen LogP contribution >= 0.6 is 11.3 Å². The number of amides is 1. The summed E-state index contributed by atoms with van der Waals surface area (Å²) in [7, 11) is 0. The third-order valence-corrected chi connectivity index (χ3v) is 4.44. The van der Waals surface area contributed by atoms with Crippen molar-refractivity contribution in [3.8, 4) is 23.1 Å². The van der Waals surface area contributed by atoms with Crippen molar-refractivity contribution < 1.29 is 9.53 Å². The number of nitrogens with zero attached hydrogens (tertiary/aromatic N) is 2. The molecule has 3 aromatic rings. The lowest BCUT2D eigenvalue weighted by molar-refractivity contribution is -0.112. The molecule has 0 aliphatic carbocycles. The van der Waals surface area contributed by atoms with Gasteiger partial charge >= 0.3 is 0 Å². The molecule has 0 radical (unpaired) electrons. The van der Waals surface area contributed by atoms with Gasteiger partial charge in [0, 0.05) is 16.6 Å². The number of aromatic nitrogens is 1. The summed E-state index contributed by atoms with van der Waals surface area (Å²) in [5.41, 5.74) is 2.40. The van der Waals surface area contributed by atoms with E-state index in [0.29, 0.717) is 17.3 Å². The summed E-state index contributed by atoms with van der Waals surface area (Å²) in [5, 5.41) is 14.6. The van der Waals surface area contributed by atoms with Gasteiger partial charge in [0.25, 0.3) is 5.91 Å². The monoisotopic (exact) mass is 375 g/mol. The Labute approximate surface area is 161 Å². The van der Waals surface area contributed by atoms with Crippen LogP contribution in [0.15, 0.2) is 65.6 Å². The molecule has 0 atom stereocenters. The van der Waals surface area contributed by atoms with Crippen molar-refractivity contribution in [2.45, 2.75) is 6.92 Å². The molecular weight excluding hydrogens is 358 g/mol. The van der Waals surface area contributed by atoms with Crippen LogP contribution in [0, 0.1) is 11.3 Å². The van der Waals surface area contributed by atoms with Crippen molar-refractivity contribution >= 4 is 29.0 Å². The highest BCUT2D eigenvalue weighted by Crippen LogP contribution is 2.23. The number of hydrogen-bond donors (Lipinski definition) is 1. The van der Waals surface area contributed by atoms with Gasteiger partial charge in [-0.1, -0.05) is 30.3 Å². The first-order valence-electron chi connectivity index (χ1n) is 8.36. The maximum absolute atomic E-state index is 12.4. The van der Waals surface area contributed by atoms with Crippen LogP contribution in [0.5, 0.6) is 5.75 Å². The Kier molecular flexibility index (Phi) is 5.98. The second-order valence-corrected chi connectivity index (χ2v) is 6.41. The topological polar surface area (TPSA) is 75.0 Å². The highest BCUT2D eigenvalue weighted by molar-refractivity contribution is 7.10. The van der Waals surface area contributed by atoms with Crippen molar-refractivity contribution in [1.82, 2.24) is 4.98 Å². The van der Waals surface area contributed by atoms with Crippen molar-refractivity contribution in [1.29, 1.82) is 5.26 Å². The molecule has 0 bridgehead atoms. The van der Waals surface area contributed by atoms with Crippen LogP contribution in [-0.2, 0) is 4.79 Å². The zero-order valence-electron chi connectivity index (χ0n) is 14.7. The quantitative estimate of drug-likeness (QED) is 0.498. The fraction of sp³-hybridized carbons (Fsp3) is 0.0952. The minimum Gasteiger partial charge on any atom is -0.494 e. The largest absolute Gasteiger partial charge is 0.494 e. The fourth-order valence-electron chi connectivity index (χ4n) is 2.37. The van der Waals surface area contributed by atoms with Crippen LogP contribution in [0.2, 0.25) is 0 Å². The van der Waals surface area contributed by atoms with Crippen LogP contribution in [0.4, 0.5) is 5.69 Å². The van der Waals surface area contributed by atoms with Crippen molar-refractivity contribution in [3.05, 3.63) is 70.6 Å². The molecule has 1 N–H and O–H groups in total. The predicted molar refractivity (Wildman–Crippen MR) is 107 cm³/mol. The second-order valence-electron chi connectivity index (χ2n) is 5.52. The van der Waals surface area contributed by atoms with Crippen LogP contribution in [0.25, 0.3) is 17.3 Å². The number of benzene rings is 2. The number of hydrogen-bond acceptors (Lipinski definition) is 5. The molecule has 0 fully saturated rings. The molecule has 3 rings (SSSR count). The highest BCUT2D eigenvalue weighted by Gasteiger charge is 2.11. The molecular formula is C21H17N3O2S. The molecule has 0 unspecified atom stereocenters. The maximum Gasteiger partial charge on any atom is 0.266 e. The van der Waals surface area contributed by atoms with Crippen molar-refractivity contribution in [2.24, 2.45) is 0 Å². The lowest BCUT2D eigenvalue weighted by Gasteiger charge is -2.06. The van der Waals surface area contributed by atoms with Gasteiger partial charge in [-0.25, -0.2) is 4.98 Å². The minimum absolute atomic E-state index is 0.00199. The fourth-order valence-corrected chi connectivity index (χ4v) is 3.13. The Balaban J connectivity index is 1.73. The zero-order chi connectivity index (χ0) is 19.1.